The number of benzene rings is 2. The van der Waals surface area contributed by atoms with E-state index in [1.54, 1.807) is 36.4 Å². The van der Waals surface area contributed by atoms with Crippen molar-refractivity contribution in [1.29, 1.82) is 0 Å². The summed E-state index contributed by atoms with van der Waals surface area (Å²) in [4.78, 5) is 49.7. The molecule has 2 amide bonds. The van der Waals surface area contributed by atoms with E-state index < -0.39 is 58.2 Å². The quantitative estimate of drug-likeness (QED) is 0.326. The molecule has 4 N–H and O–H groups in total. The molecule has 3 rings (SSSR count). The number of sulfonamides is 1. The molecule has 38 heavy (non-hydrogen) atoms. The van der Waals surface area contributed by atoms with Crippen LogP contribution in [0, 0.1) is 12.8 Å². The number of rotatable bonds is 11. The summed E-state index contributed by atoms with van der Waals surface area (Å²) in [5.74, 6) is -4.43. The number of likely N-dealkylation sites (tertiary alicyclic amines) is 1. The Balaban J connectivity index is 1.70. The Morgan fingerprint density at radius 1 is 0.947 bits per heavy atom. The first-order valence-corrected chi connectivity index (χ1v) is 13.6. The van der Waals surface area contributed by atoms with Crippen molar-refractivity contribution < 1.29 is 37.8 Å². The third-order valence-electron chi connectivity index (χ3n) is 6.38. The minimum absolute atomic E-state index is 0.0405. The van der Waals surface area contributed by atoms with Gasteiger partial charge in [-0.3, -0.25) is 14.4 Å². The SMILES string of the molecule is Cc1ccc(S(=O)(=O)NC(Cc2ccccc2)C(=O)N2CCC(C(=O)NC(CC(=O)O)C(=O)O)CC2)cc1. The lowest BCUT2D eigenvalue weighted by atomic mass is 9.94. The molecule has 0 aromatic heterocycles. The molecule has 0 aliphatic carbocycles. The van der Waals surface area contributed by atoms with Crippen LogP contribution in [0.1, 0.15) is 30.4 Å². The van der Waals surface area contributed by atoms with Gasteiger partial charge in [-0.15, -0.1) is 0 Å². The molecule has 11 nitrogen and oxygen atoms in total. The average molecular weight is 546 g/mol. The zero-order valence-electron chi connectivity index (χ0n) is 20.9. The number of carboxylic acid groups (broad SMARTS) is 2. The number of aliphatic carboxylic acids is 2. The van der Waals surface area contributed by atoms with Crippen molar-refractivity contribution >= 4 is 33.8 Å². The number of hydrogen-bond acceptors (Lipinski definition) is 6. The Hall–Kier alpha value is -3.77. The van der Waals surface area contributed by atoms with Gasteiger partial charge in [0.2, 0.25) is 21.8 Å². The molecule has 0 bridgehead atoms. The van der Waals surface area contributed by atoms with E-state index in [1.807, 2.05) is 13.0 Å². The summed E-state index contributed by atoms with van der Waals surface area (Å²) in [5, 5.41) is 20.3. The third kappa shape index (κ3) is 7.86. The normalized spacial score (nSPS) is 15.9. The molecule has 0 radical (unpaired) electrons. The van der Waals surface area contributed by atoms with Gasteiger partial charge >= 0.3 is 11.9 Å². The van der Waals surface area contributed by atoms with E-state index >= 15 is 0 Å². The average Bonchev–Trinajstić information content (AvgIpc) is 2.88. The van der Waals surface area contributed by atoms with Crippen LogP contribution < -0.4 is 10.0 Å². The topological polar surface area (TPSA) is 170 Å². The van der Waals surface area contributed by atoms with Crippen LogP contribution in [0.5, 0.6) is 0 Å². The van der Waals surface area contributed by atoms with Gasteiger partial charge < -0.3 is 20.4 Å². The standard InChI is InChI=1S/C26H31N3O8S/c1-17-7-9-20(10-8-17)38(36,37)28-21(15-18-5-3-2-4-6-18)25(33)29-13-11-19(12-14-29)24(32)27-22(26(34)35)16-23(30)31/h2-10,19,21-22,28H,11-16H2,1H3,(H,27,32)(H,30,31)(H,34,35). The van der Waals surface area contributed by atoms with Gasteiger partial charge in [-0.2, -0.15) is 4.72 Å². The number of carboxylic acids is 2. The van der Waals surface area contributed by atoms with Crippen LogP contribution in [0.15, 0.2) is 59.5 Å². The Morgan fingerprint density at radius 2 is 1.55 bits per heavy atom. The van der Waals surface area contributed by atoms with Crippen LogP contribution in [-0.4, -0.2) is 72.5 Å². The monoisotopic (exact) mass is 545 g/mol. The van der Waals surface area contributed by atoms with Crippen LogP contribution in [0.2, 0.25) is 0 Å². The molecule has 0 spiro atoms. The maximum absolute atomic E-state index is 13.5. The highest BCUT2D eigenvalue weighted by molar-refractivity contribution is 7.89. The third-order valence-corrected chi connectivity index (χ3v) is 7.87. The molecule has 2 atom stereocenters. The summed E-state index contributed by atoms with van der Waals surface area (Å²) in [6, 6.07) is 12.7. The van der Waals surface area contributed by atoms with E-state index in [2.05, 4.69) is 10.0 Å². The molecule has 1 aliphatic heterocycles. The molecule has 204 valence electrons. The second-order valence-electron chi connectivity index (χ2n) is 9.27. The number of nitrogens with zero attached hydrogens (tertiary/aromatic N) is 1. The highest BCUT2D eigenvalue weighted by Gasteiger charge is 2.34. The molecule has 12 heteroatoms. The van der Waals surface area contributed by atoms with Gasteiger partial charge in [-0.1, -0.05) is 48.0 Å². The van der Waals surface area contributed by atoms with Crippen LogP contribution in [-0.2, 0) is 35.6 Å². The van der Waals surface area contributed by atoms with E-state index in [1.165, 1.54) is 17.0 Å². The van der Waals surface area contributed by atoms with E-state index in [0.29, 0.717) is 0 Å². The highest BCUT2D eigenvalue weighted by atomic mass is 32.2. The zero-order chi connectivity index (χ0) is 27.9. The first kappa shape index (κ1) is 28.8. The van der Waals surface area contributed by atoms with Gasteiger partial charge in [0, 0.05) is 19.0 Å². The summed E-state index contributed by atoms with van der Waals surface area (Å²) in [5.41, 5.74) is 1.66. The fraction of sp³-hybridized carbons (Fsp3) is 0.385. The van der Waals surface area contributed by atoms with Crippen LogP contribution >= 0.6 is 0 Å². The smallest absolute Gasteiger partial charge is 0.326 e. The van der Waals surface area contributed by atoms with Gasteiger partial charge in [0.1, 0.15) is 12.1 Å². The molecule has 0 saturated carbocycles. The number of amides is 2. The van der Waals surface area contributed by atoms with Gasteiger partial charge in [0.15, 0.2) is 0 Å². The largest absolute Gasteiger partial charge is 0.481 e. The predicted molar refractivity (Wildman–Crippen MR) is 137 cm³/mol. The lowest BCUT2D eigenvalue weighted by Crippen LogP contribution is -2.53. The van der Waals surface area contributed by atoms with Gasteiger partial charge in [-0.05, 0) is 43.9 Å². The highest BCUT2D eigenvalue weighted by Crippen LogP contribution is 2.20. The number of hydrogen-bond donors (Lipinski definition) is 4. The van der Waals surface area contributed by atoms with Crippen molar-refractivity contribution in [3.05, 3.63) is 65.7 Å². The first-order chi connectivity index (χ1) is 18.0. The second kappa shape index (κ2) is 12.7. The molecular formula is C26H31N3O8S. The van der Waals surface area contributed by atoms with Crippen LogP contribution in [0.3, 0.4) is 0 Å². The minimum Gasteiger partial charge on any atom is -0.481 e. The number of carbonyl (C=O) groups is 4. The van der Waals surface area contributed by atoms with Crippen molar-refractivity contribution in [1.82, 2.24) is 14.9 Å². The molecule has 1 aliphatic rings. The van der Waals surface area contributed by atoms with Crippen molar-refractivity contribution in [2.75, 3.05) is 13.1 Å². The molecule has 1 saturated heterocycles. The summed E-state index contributed by atoms with van der Waals surface area (Å²) in [7, 11) is -4.00. The molecule has 1 heterocycles. The Bertz CT molecular complexity index is 1260. The number of piperidine rings is 1. The number of carbonyl (C=O) groups excluding carboxylic acids is 2. The fourth-order valence-electron chi connectivity index (χ4n) is 4.25. The molecular weight excluding hydrogens is 514 g/mol. The first-order valence-electron chi connectivity index (χ1n) is 12.1. The van der Waals surface area contributed by atoms with Crippen LogP contribution in [0.25, 0.3) is 0 Å². The lowest BCUT2D eigenvalue weighted by molar-refractivity contribution is -0.148. The summed E-state index contributed by atoms with van der Waals surface area (Å²) >= 11 is 0. The summed E-state index contributed by atoms with van der Waals surface area (Å²) in [6.07, 6.45) is -0.180. The van der Waals surface area contributed by atoms with Gasteiger partial charge in [0.25, 0.3) is 0 Å². The van der Waals surface area contributed by atoms with Crippen molar-refractivity contribution in [3.63, 3.8) is 0 Å². The minimum atomic E-state index is -4.00. The number of aryl methyl sites for hydroxylation is 1. The van der Waals surface area contributed by atoms with Crippen molar-refractivity contribution in [3.8, 4) is 0 Å². The summed E-state index contributed by atoms with van der Waals surface area (Å²) in [6.45, 7) is 2.15. The van der Waals surface area contributed by atoms with Gasteiger partial charge in [0.05, 0.1) is 11.3 Å². The number of nitrogens with one attached hydrogen (secondary N) is 2. The molecule has 2 aromatic rings. The summed E-state index contributed by atoms with van der Waals surface area (Å²) < 4.78 is 28.7. The lowest BCUT2D eigenvalue weighted by Gasteiger charge is -2.34. The van der Waals surface area contributed by atoms with Crippen molar-refractivity contribution in [2.45, 2.75) is 49.6 Å². The Labute approximate surface area is 220 Å². The fourth-order valence-corrected chi connectivity index (χ4v) is 5.44. The molecule has 2 unspecified atom stereocenters. The predicted octanol–water partition coefficient (Wildman–Crippen LogP) is 1.17. The van der Waals surface area contributed by atoms with E-state index in [4.69, 9.17) is 10.2 Å². The van der Waals surface area contributed by atoms with Crippen molar-refractivity contribution in [2.24, 2.45) is 5.92 Å². The van der Waals surface area contributed by atoms with E-state index in [9.17, 15) is 27.6 Å². The molecule has 2 aromatic carbocycles. The van der Waals surface area contributed by atoms with Crippen LogP contribution in [0.4, 0.5) is 0 Å². The molecule has 1 fully saturated rings. The zero-order valence-corrected chi connectivity index (χ0v) is 21.7. The maximum atomic E-state index is 13.5. The maximum Gasteiger partial charge on any atom is 0.326 e. The second-order valence-corrected chi connectivity index (χ2v) is 11.0. The Morgan fingerprint density at radius 3 is 2.11 bits per heavy atom. The van der Waals surface area contributed by atoms with Gasteiger partial charge in [-0.25, -0.2) is 13.2 Å². The van der Waals surface area contributed by atoms with E-state index in [0.717, 1.165) is 11.1 Å². The Kier molecular flexibility index (Phi) is 9.59. The van der Waals surface area contributed by atoms with E-state index in [-0.39, 0.29) is 37.2 Å².